The molecule has 2 heteroatoms. The first-order chi connectivity index (χ1) is 6.45. The average molecular weight is 193 g/mol. The predicted molar refractivity (Wildman–Crippen MR) is 57.3 cm³/mol. The Hall–Kier alpha value is -0.603. The third-order valence-electron chi connectivity index (χ3n) is 2.32. The summed E-state index contributed by atoms with van der Waals surface area (Å²) in [6, 6.07) is 8.11. The van der Waals surface area contributed by atoms with Gasteiger partial charge in [-0.2, -0.15) is 0 Å². The van der Waals surface area contributed by atoms with Crippen LogP contribution in [0.25, 0.3) is 0 Å². The number of hydrogen-bond acceptors (Lipinski definition) is 1. The minimum atomic E-state index is -1.66. The fourth-order valence-corrected chi connectivity index (χ4v) is 3.27. The number of fused-ring (bicyclic) bond motifs is 1. The van der Waals surface area contributed by atoms with Gasteiger partial charge in [-0.1, -0.05) is 43.9 Å². The lowest BCUT2D eigenvalue weighted by Crippen LogP contribution is -2.30. The summed E-state index contributed by atoms with van der Waals surface area (Å²) in [6.45, 7) is 7.15. The number of hydrogen-bond donors (Lipinski definition) is 0. The van der Waals surface area contributed by atoms with Gasteiger partial charge in [0.25, 0.3) is 0 Å². The Morgan fingerprint density at radius 1 is 1.38 bits per heavy atom. The molecule has 0 fully saturated rings. The highest BCUT2D eigenvalue weighted by atomic mass is 28.3. The molecule has 70 valence electrons. The Bertz CT molecular complexity index is 359. The van der Waals surface area contributed by atoms with Crippen LogP contribution in [0.5, 0.6) is 0 Å². The van der Waals surface area contributed by atoms with E-state index < -0.39 is 13.8 Å². The van der Waals surface area contributed by atoms with Crippen LogP contribution in [0.4, 0.5) is 0 Å². The van der Waals surface area contributed by atoms with Crippen LogP contribution in [-0.4, -0.2) is 8.07 Å². The molecule has 13 heavy (non-hydrogen) atoms. The van der Waals surface area contributed by atoms with Crippen molar-refractivity contribution in [2.24, 2.45) is 0 Å². The second-order valence-electron chi connectivity index (χ2n) is 4.52. The Kier molecular flexibility index (Phi) is 1.77. The first-order valence-corrected chi connectivity index (χ1v) is 8.17. The Balaban J connectivity index is 2.53. The summed E-state index contributed by atoms with van der Waals surface area (Å²) in [4.78, 5) is 0. The molecule has 0 unspecified atom stereocenters. The van der Waals surface area contributed by atoms with Crippen LogP contribution < -0.4 is 0 Å². The largest absolute Gasteiger partial charge is 0.372 e. The van der Waals surface area contributed by atoms with Crippen molar-refractivity contribution in [1.82, 2.24) is 0 Å². The van der Waals surface area contributed by atoms with Gasteiger partial charge in [-0.15, -0.1) is 0 Å². The molecule has 0 aromatic heterocycles. The Morgan fingerprint density at radius 3 is 2.77 bits per heavy atom. The first kappa shape index (κ1) is 7.77. The van der Waals surface area contributed by atoms with Crippen LogP contribution in [-0.2, 0) is 11.3 Å². The molecule has 1 aliphatic heterocycles. The molecule has 0 radical (unpaired) electrons. The van der Waals surface area contributed by atoms with Crippen LogP contribution in [0.3, 0.4) is 0 Å². The lowest BCUT2D eigenvalue weighted by atomic mass is 10.1. The van der Waals surface area contributed by atoms with Gasteiger partial charge in [0.15, 0.2) is 0 Å². The smallest absolute Gasteiger partial charge is 0.0842 e. The van der Waals surface area contributed by atoms with Gasteiger partial charge in [0.05, 0.1) is 21.8 Å². The van der Waals surface area contributed by atoms with E-state index in [4.69, 9.17) is 6.11 Å². The molecule has 1 nitrogen and oxygen atoms in total. The second kappa shape index (κ2) is 2.96. The topological polar surface area (TPSA) is 9.23 Å². The number of rotatable bonds is 1. The lowest BCUT2D eigenvalue weighted by Gasteiger charge is -2.24. The molecule has 0 spiro atoms. The zero-order valence-electron chi connectivity index (χ0n) is 9.42. The summed E-state index contributed by atoms with van der Waals surface area (Å²) in [7, 11) is -1.66. The third-order valence-corrected chi connectivity index (χ3v) is 4.09. The van der Waals surface area contributed by atoms with E-state index >= 15 is 0 Å². The van der Waals surface area contributed by atoms with E-state index in [9.17, 15) is 0 Å². The van der Waals surface area contributed by atoms with E-state index in [2.05, 4.69) is 25.7 Å². The molecular weight excluding hydrogens is 176 g/mol. The molecule has 1 aliphatic rings. The second-order valence-corrected chi connectivity index (χ2v) is 9.48. The van der Waals surface area contributed by atoms with Crippen LogP contribution >= 0.6 is 0 Å². The van der Waals surface area contributed by atoms with Crippen molar-refractivity contribution in [2.75, 3.05) is 0 Å². The van der Waals surface area contributed by atoms with Crippen molar-refractivity contribution in [2.45, 2.75) is 32.0 Å². The van der Waals surface area contributed by atoms with Crippen molar-refractivity contribution in [3.8, 4) is 0 Å². The van der Waals surface area contributed by atoms with Gasteiger partial charge < -0.3 is 4.74 Å². The molecule has 0 saturated carbocycles. The molecule has 1 aromatic carbocycles. The summed E-state index contributed by atoms with van der Waals surface area (Å²) in [6.07, 6.45) is 0. The van der Waals surface area contributed by atoms with Crippen LogP contribution in [0.1, 0.15) is 18.2 Å². The fraction of sp³-hybridized carbons (Fsp3) is 0.455. The Morgan fingerprint density at radius 2 is 2.08 bits per heavy atom. The number of ether oxygens (including phenoxy) is 1. The van der Waals surface area contributed by atoms with Gasteiger partial charge in [-0.25, -0.2) is 0 Å². The monoisotopic (exact) mass is 193 g/mol. The highest BCUT2D eigenvalue weighted by Crippen LogP contribution is 2.36. The molecule has 1 atom stereocenters. The molecule has 0 amide bonds. The van der Waals surface area contributed by atoms with Gasteiger partial charge in [0.1, 0.15) is 0 Å². The van der Waals surface area contributed by atoms with E-state index in [0.29, 0.717) is 6.61 Å². The van der Waals surface area contributed by atoms with Gasteiger partial charge in [0.2, 0.25) is 0 Å². The zero-order valence-corrected chi connectivity index (χ0v) is 9.42. The molecule has 0 N–H and O–H groups in total. The highest BCUT2D eigenvalue weighted by molar-refractivity contribution is 6.77. The molecule has 1 heterocycles. The van der Waals surface area contributed by atoms with Gasteiger partial charge >= 0.3 is 0 Å². The SMILES string of the molecule is [2H][C@]1([Si](C)(C)C)OCc2ccccc21. The third kappa shape index (κ3) is 1.56. The van der Waals surface area contributed by atoms with Gasteiger partial charge in [0, 0.05) is 0 Å². The van der Waals surface area contributed by atoms with Crippen molar-refractivity contribution in [3.63, 3.8) is 0 Å². The first-order valence-electron chi connectivity index (χ1n) is 5.17. The molecule has 1 aromatic rings. The van der Waals surface area contributed by atoms with E-state index in [0.717, 1.165) is 5.56 Å². The van der Waals surface area contributed by atoms with E-state index in [1.807, 2.05) is 18.2 Å². The minimum absolute atomic E-state index is 0.601. The number of benzene rings is 1. The highest BCUT2D eigenvalue weighted by Gasteiger charge is 2.34. The maximum atomic E-state index is 8.45. The van der Waals surface area contributed by atoms with Crippen LogP contribution in [0.15, 0.2) is 24.3 Å². The van der Waals surface area contributed by atoms with Crippen molar-refractivity contribution in [1.29, 1.82) is 0 Å². The lowest BCUT2D eigenvalue weighted by molar-refractivity contribution is 0.114. The molecule has 0 saturated heterocycles. The summed E-state index contributed by atoms with van der Waals surface area (Å²) < 4.78 is 14.2. The maximum absolute atomic E-state index is 8.45. The van der Waals surface area contributed by atoms with E-state index in [1.54, 1.807) is 0 Å². The maximum Gasteiger partial charge on any atom is 0.0842 e. The quantitative estimate of drug-likeness (QED) is 0.623. The average Bonchev–Trinajstić information content (AvgIpc) is 2.45. The summed E-state index contributed by atoms with van der Waals surface area (Å²) >= 11 is 0. The van der Waals surface area contributed by atoms with Gasteiger partial charge in [-0.3, -0.25) is 0 Å². The molecule has 0 bridgehead atoms. The standard InChI is InChI=1S/C11H16OSi/c1-13(2,3)11-10-7-5-4-6-9(10)8-12-11/h4-7,11H,8H2,1-3H3/t11-/m1/s1/i11D. The fourth-order valence-electron chi connectivity index (χ4n) is 1.72. The van der Waals surface area contributed by atoms with E-state index in [-0.39, 0.29) is 0 Å². The molecule has 0 aliphatic carbocycles. The van der Waals surface area contributed by atoms with Crippen LogP contribution in [0.2, 0.25) is 19.6 Å². The zero-order chi connectivity index (χ0) is 10.4. The Labute approximate surface area is 82.1 Å². The van der Waals surface area contributed by atoms with Crippen molar-refractivity contribution >= 4 is 8.07 Å². The summed E-state index contributed by atoms with van der Waals surface area (Å²) in [5.74, 6) is 0. The van der Waals surface area contributed by atoms with E-state index in [1.165, 1.54) is 5.56 Å². The van der Waals surface area contributed by atoms with Crippen LogP contribution in [0, 0.1) is 0 Å². The normalized spacial score (nSPS) is 28.4. The van der Waals surface area contributed by atoms with Crippen molar-refractivity contribution < 1.29 is 6.11 Å². The summed E-state index contributed by atoms with van der Waals surface area (Å²) in [5.41, 5.74) is 1.52. The molecule has 2 rings (SSSR count). The summed E-state index contributed by atoms with van der Waals surface area (Å²) in [5, 5.41) is 0. The van der Waals surface area contributed by atoms with Gasteiger partial charge in [-0.05, 0) is 11.1 Å². The predicted octanol–water partition coefficient (Wildman–Crippen LogP) is 3.14. The minimum Gasteiger partial charge on any atom is -0.372 e. The van der Waals surface area contributed by atoms with Crippen molar-refractivity contribution in [3.05, 3.63) is 35.4 Å². The molecular formula is C11H16OSi.